The predicted octanol–water partition coefficient (Wildman–Crippen LogP) is 19.5. The molecule has 129 heavy (non-hydrogen) atoms. The first-order valence-corrected chi connectivity index (χ1v) is 46.7. The number of piperazine rings is 1. The average Bonchev–Trinajstić information content (AvgIpc) is 1.63. The number of ether oxygens (including phenoxy) is 4. The monoisotopic (exact) mass is 1770 g/mol. The molecule has 5 N–H and O–H groups in total. The fourth-order valence-electron chi connectivity index (χ4n) is 17.6. The Morgan fingerprint density at radius 3 is 1.26 bits per heavy atom. The third kappa shape index (κ3) is 30.6. The van der Waals surface area contributed by atoms with Crippen LogP contribution in [0.1, 0.15) is 149 Å². The number of amides is 5. The third-order valence-corrected chi connectivity index (χ3v) is 25.2. The molecule has 0 aromatic heterocycles. The van der Waals surface area contributed by atoms with Crippen molar-refractivity contribution < 1.29 is 62.4 Å². The lowest BCUT2D eigenvalue weighted by Crippen LogP contribution is -2.58. The number of halogens is 1. The predicted molar refractivity (Wildman–Crippen MR) is 515 cm³/mol. The normalized spacial score (nSPS) is 16.2. The molecule has 5 aliphatic heterocycles. The van der Waals surface area contributed by atoms with Gasteiger partial charge in [-0.1, -0.05) is 220 Å². The molecule has 2 unspecified atom stereocenters. The molecule has 0 saturated carbocycles. The number of phenolic OH excluding ortho intramolecular Hbond substituents is 1. The number of aromatic hydroxyl groups is 1. The minimum absolute atomic E-state index is 0.0322. The van der Waals surface area contributed by atoms with Crippen molar-refractivity contribution in [2.45, 2.75) is 153 Å². The molecule has 9 aromatic carbocycles. The number of nitrogens with one attached hydrogen (secondary N) is 3. The summed E-state index contributed by atoms with van der Waals surface area (Å²) in [4.78, 5) is 93.4. The van der Waals surface area contributed by atoms with Crippen LogP contribution in [0.4, 0.5) is 37.1 Å². The number of hydrogen-bond donors (Lipinski definition) is 5. The topological polar surface area (TPSA) is 239 Å². The molecule has 5 aliphatic rings. The summed E-state index contributed by atoms with van der Waals surface area (Å²) in [5, 5.41) is 29.4. The number of unbranched alkanes of at least 4 members (excludes halogenated alkanes) is 6. The first-order chi connectivity index (χ1) is 62.4. The number of quaternary nitrogens is 1. The summed E-state index contributed by atoms with van der Waals surface area (Å²) in [6.07, 6.45) is 13.2. The molecule has 14 rings (SSSR count). The molecule has 0 bridgehead atoms. The van der Waals surface area contributed by atoms with Gasteiger partial charge in [-0.2, -0.15) is 0 Å². The highest BCUT2D eigenvalue weighted by atomic mass is 35.5. The van der Waals surface area contributed by atoms with E-state index in [0.717, 1.165) is 179 Å². The maximum absolute atomic E-state index is 13.6. The van der Waals surface area contributed by atoms with E-state index in [1.165, 1.54) is 55.5 Å². The highest BCUT2D eigenvalue weighted by molar-refractivity contribution is 6.30. The van der Waals surface area contributed by atoms with E-state index in [9.17, 15) is 39.0 Å². The van der Waals surface area contributed by atoms with Crippen molar-refractivity contribution in [3.05, 3.63) is 258 Å². The molecule has 23 nitrogen and oxygen atoms in total. The summed E-state index contributed by atoms with van der Waals surface area (Å²) >= 11 is 6.16. The number of aliphatic hydroxyl groups excluding tert-OH is 1. The average molecular weight is 1780 g/mol. The second-order valence-electron chi connectivity index (χ2n) is 36.1. The van der Waals surface area contributed by atoms with Crippen LogP contribution >= 0.6 is 11.6 Å². The number of hydrogen-bond acceptors (Lipinski definition) is 18. The smallest absolute Gasteiger partial charge is 0.411 e. The van der Waals surface area contributed by atoms with E-state index in [1.807, 2.05) is 211 Å². The maximum atomic E-state index is 13.6. The number of piperidine rings is 3. The van der Waals surface area contributed by atoms with E-state index in [0.29, 0.717) is 55.7 Å². The van der Waals surface area contributed by atoms with E-state index in [4.69, 9.17) is 30.5 Å². The van der Waals surface area contributed by atoms with Crippen molar-refractivity contribution in [1.82, 2.24) is 29.4 Å². The number of carbonyl (C=O) groups is 6. The van der Waals surface area contributed by atoms with E-state index in [2.05, 4.69) is 64.5 Å². The number of imide groups is 1. The molecule has 0 radical (unpaired) electrons. The summed E-state index contributed by atoms with van der Waals surface area (Å²) in [5.41, 5.74) is 10.5. The van der Waals surface area contributed by atoms with Crippen LogP contribution in [0.2, 0.25) is 5.02 Å². The zero-order valence-electron chi connectivity index (χ0n) is 76.2. The lowest BCUT2D eigenvalue weighted by atomic mass is 10.0. The molecule has 9 aromatic rings. The first kappa shape index (κ1) is 97.1. The molecule has 5 amide bonds. The molecule has 24 heteroatoms. The van der Waals surface area contributed by atoms with Crippen molar-refractivity contribution in [3.63, 3.8) is 0 Å². The van der Waals surface area contributed by atoms with Crippen molar-refractivity contribution in [1.29, 1.82) is 0 Å². The van der Waals surface area contributed by atoms with Crippen molar-refractivity contribution in [2.24, 2.45) is 0 Å². The number of aliphatic hydroxyl groups is 1. The summed E-state index contributed by atoms with van der Waals surface area (Å²) in [6, 6.07) is 74.7. The van der Waals surface area contributed by atoms with E-state index >= 15 is 0 Å². The number of carbonyl (C=O) groups excluding carboxylic acids is 6. The number of fused-ring (bicyclic) bond motifs is 1. The quantitative estimate of drug-likeness (QED) is 0.00816. The summed E-state index contributed by atoms with van der Waals surface area (Å²) < 4.78 is 23.5. The largest absolute Gasteiger partial charge is 0.508 e. The van der Waals surface area contributed by atoms with Gasteiger partial charge in [0.25, 0.3) is 11.8 Å². The second kappa shape index (κ2) is 49.1. The number of anilines is 4. The highest BCUT2D eigenvalue weighted by Gasteiger charge is 2.42. The van der Waals surface area contributed by atoms with Crippen LogP contribution in [0.3, 0.4) is 0 Å². The Bertz CT molecular complexity index is 4960. The summed E-state index contributed by atoms with van der Waals surface area (Å²) in [7, 11) is 5.95. The van der Waals surface area contributed by atoms with Crippen molar-refractivity contribution >= 4 is 70.4 Å². The molecular formula is C105H133ClN11O12+. The first-order valence-electron chi connectivity index (χ1n) is 46.4. The Balaban J connectivity index is 0.000000176. The number of rotatable bonds is 35. The molecule has 0 aliphatic carbocycles. The minimum Gasteiger partial charge on any atom is -0.508 e. The van der Waals surface area contributed by atoms with Gasteiger partial charge in [-0.3, -0.25) is 35.3 Å². The van der Waals surface area contributed by atoms with Crippen LogP contribution in [0.5, 0.6) is 5.75 Å². The number of likely N-dealkylation sites (tertiary alicyclic amines) is 3. The second-order valence-corrected chi connectivity index (χ2v) is 36.5. The van der Waals surface area contributed by atoms with Gasteiger partial charge >= 0.3 is 24.2 Å². The Morgan fingerprint density at radius 2 is 0.829 bits per heavy atom. The zero-order valence-corrected chi connectivity index (χ0v) is 76.9. The number of benzene rings is 9. The van der Waals surface area contributed by atoms with Crippen molar-refractivity contribution in [2.75, 3.05) is 160 Å². The molecule has 0 spiro atoms. The van der Waals surface area contributed by atoms with Gasteiger partial charge in [0, 0.05) is 112 Å². The van der Waals surface area contributed by atoms with Crippen LogP contribution < -0.4 is 20.9 Å². The summed E-state index contributed by atoms with van der Waals surface area (Å²) in [5.74, 6) is -0.688. The number of phenols is 1. The van der Waals surface area contributed by atoms with E-state index in [-0.39, 0.29) is 65.1 Å². The van der Waals surface area contributed by atoms with Gasteiger partial charge in [0.2, 0.25) is 0 Å². The molecule has 686 valence electrons. The third-order valence-electron chi connectivity index (χ3n) is 25.0. The molecule has 5 heterocycles. The lowest BCUT2D eigenvalue weighted by Gasteiger charge is -2.40. The minimum atomic E-state index is -0.657. The van der Waals surface area contributed by atoms with Crippen molar-refractivity contribution in [3.8, 4) is 39.1 Å². The fraction of sp³-hybridized carbons (Fsp3) is 0.429. The van der Waals surface area contributed by atoms with Gasteiger partial charge in [0.1, 0.15) is 29.7 Å². The lowest BCUT2D eigenvalue weighted by molar-refractivity contribution is -0.906. The zero-order chi connectivity index (χ0) is 90.9. The number of para-hydroxylation sites is 3. The van der Waals surface area contributed by atoms with Crippen LogP contribution in [-0.4, -0.2) is 249 Å². The molecule has 2 atom stereocenters. The number of nitrogens with zero attached hydrogens (tertiary/aromatic N) is 8. The molecule has 4 saturated heterocycles. The molecular weight excluding hydrogens is 1640 g/mol. The van der Waals surface area contributed by atoms with Gasteiger partial charge < -0.3 is 58.1 Å². The van der Waals surface area contributed by atoms with Gasteiger partial charge in [-0.05, 0) is 195 Å². The van der Waals surface area contributed by atoms with Gasteiger partial charge in [-0.15, -0.1) is 0 Å². The van der Waals surface area contributed by atoms with Crippen LogP contribution in [-0.2, 0) is 23.7 Å². The maximum Gasteiger partial charge on any atom is 0.411 e. The van der Waals surface area contributed by atoms with E-state index in [1.54, 1.807) is 48.5 Å². The Hall–Kier alpha value is -11.0. The Kier molecular flexibility index (Phi) is 37.0. The molecule has 4 fully saturated rings. The standard InChI is InChI=1S/C38H46N4O6.C36H49N3O4.C31H37ClN4O2/c1-38(2,3)48-36(45)33(42(4,5)26-25-41-34(43)30-16-9-10-17-31(30)35(41)44)21-24-40-22-19-28(20-23-40)47-37(46)39-32-18-12-11-15-29(32)27-13-7-6-8-14-27;1-38(28-35(41)30-18-20-31(40)21-19-30)24-12-5-3-2-4-6-13-25-39-26-22-32(23-27-39)43-36(42)37-34-17-11-10-16-33(34)29-14-8-7-9-15-29;32-26-10-6-11-27(24-26)36-22-20-35(21-23-36)17-7-16-34-18-14-28(15-19-34)38-31(37)33-30-13-5-4-12-29(30)25-8-2-1-3-9-25/h6-18,28,33H,19-26H2,1-5H3;7-11,14-21,32,35,40-41H,2-6,12-13,22-28H2,1H3,(H,37,42);1-6,8-13,24,28H,7,14-23H2,(H,33,37)/p+1. The highest BCUT2D eigenvalue weighted by Crippen LogP contribution is 2.34. The Morgan fingerprint density at radius 1 is 0.450 bits per heavy atom. The van der Waals surface area contributed by atoms with Gasteiger partial charge in [0.05, 0.1) is 61.5 Å². The van der Waals surface area contributed by atoms with Crippen LogP contribution in [0.25, 0.3) is 33.4 Å². The van der Waals surface area contributed by atoms with Crippen LogP contribution in [0, 0.1) is 0 Å². The number of likely N-dealkylation sites (N-methyl/N-ethyl adjacent to an activating group) is 2. The van der Waals surface area contributed by atoms with E-state index < -0.39 is 23.8 Å². The van der Waals surface area contributed by atoms with Crippen LogP contribution in [0.15, 0.2) is 237 Å². The SMILES string of the molecule is CC(C)(C)OC(=O)C(CCN1CCC(OC(=O)Nc2ccccc2-c2ccccc2)CC1)[N+](C)(C)CCN1C(=O)c2ccccc2C1=O.CN(CCCCCCCCCN1CCC(OC(=O)Nc2ccccc2-c2ccccc2)CC1)CC(O)c1ccc(O)cc1.O=C(Nc1ccccc1-c1ccccc1)OC1CCN(CCCN2CCN(c3cccc(Cl)c3)CC2)CC1. The fourth-order valence-corrected chi connectivity index (χ4v) is 17.8. The summed E-state index contributed by atoms with van der Waals surface area (Å²) in [6.45, 7) is 21.3. The Labute approximate surface area is 768 Å². The van der Waals surface area contributed by atoms with Gasteiger partial charge in [-0.25, -0.2) is 19.2 Å². The number of esters is 1. The van der Waals surface area contributed by atoms with Gasteiger partial charge in [0.15, 0.2) is 6.04 Å².